The van der Waals surface area contributed by atoms with Crippen molar-refractivity contribution in [3.05, 3.63) is 77.1 Å². The third kappa shape index (κ3) is 2.80. The van der Waals surface area contributed by atoms with Crippen molar-refractivity contribution in [1.82, 2.24) is 4.98 Å². The van der Waals surface area contributed by atoms with Gasteiger partial charge in [-0.2, -0.15) is 0 Å². The van der Waals surface area contributed by atoms with Gasteiger partial charge in [-0.3, -0.25) is 4.98 Å². The number of hydrogen-bond donors (Lipinski definition) is 0. The second-order valence-electron chi connectivity index (χ2n) is 7.04. The standard InChI is InChI=1S/C24H23N/c1-5-21-14-20(12-17(4)25-21)24-22-8-6-15(2)10-18(22)13-19-11-16(3)7-9-23(19)24/h6-14H,5H2,1-4H3. The molecule has 0 aliphatic rings. The Morgan fingerprint density at radius 1 is 0.720 bits per heavy atom. The Morgan fingerprint density at radius 3 is 1.88 bits per heavy atom. The van der Waals surface area contributed by atoms with Gasteiger partial charge in [-0.15, -0.1) is 0 Å². The summed E-state index contributed by atoms with van der Waals surface area (Å²) in [5, 5.41) is 5.24. The van der Waals surface area contributed by atoms with Crippen LogP contribution in [0.4, 0.5) is 0 Å². The van der Waals surface area contributed by atoms with Gasteiger partial charge in [0.25, 0.3) is 0 Å². The van der Waals surface area contributed by atoms with Crippen LogP contribution in [0.2, 0.25) is 0 Å². The van der Waals surface area contributed by atoms with Gasteiger partial charge >= 0.3 is 0 Å². The molecule has 0 spiro atoms. The average Bonchev–Trinajstić information content (AvgIpc) is 2.58. The number of benzene rings is 3. The topological polar surface area (TPSA) is 12.9 Å². The first kappa shape index (κ1) is 15.8. The number of hydrogen-bond acceptors (Lipinski definition) is 1. The van der Waals surface area contributed by atoms with Crippen molar-refractivity contribution in [2.45, 2.75) is 34.1 Å². The molecule has 4 aromatic rings. The minimum absolute atomic E-state index is 0.954. The lowest BCUT2D eigenvalue weighted by atomic mass is 9.90. The fourth-order valence-corrected chi connectivity index (χ4v) is 3.74. The lowest BCUT2D eigenvalue weighted by Crippen LogP contribution is -1.94. The molecule has 0 bridgehead atoms. The lowest BCUT2D eigenvalue weighted by molar-refractivity contribution is 1.01. The maximum Gasteiger partial charge on any atom is 0.0410 e. The van der Waals surface area contributed by atoms with Gasteiger partial charge < -0.3 is 0 Å². The van der Waals surface area contributed by atoms with E-state index in [1.807, 2.05) is 0 Å². The number of pyridine rings is 1. The molecule has 0 fully saturated rings. The molecule has 1 heterocycles. The molecule has 0 atom stereocenters. The predicted octanol–water partition coefficient (Wildman–Crippen LogP) is 6.54. The third-order valence-electron chi connectivity index (χ3n) is 4.92. The molecular weight excluding hydrogens is 302 g/mol. The first-order chi connectivity index (χ1) is 12.0. The van der Waals surface area contributed by atoms with Crippen LogP contribution in [0.15, 0.2) is 54.6 Å². The smallest absolute Gasteiger partial charge is 0.0410 e. The quantitative estimate of drug-likeness (QED) is 0.381. The van der Waals surface area contributed by atoms with Crippen molar-refractivity contribution in [2.24, 2.45) is 0 Å². The summed E-state index contributed by atoms with van der Waals surface area (Å²) in [5.74, 6) is 0. The zero-order valence-corrected chi connectivity index (χ0v) is 15.4. The summed E-state index contributed by atoms with van der Waals surface area (Å²) in [7, 11) is 0. The minimum Gasteiger partial charge on any atom is -0.258 e. The molecule has 1 heteroatoms. The van der Waals surface area contributed by atoms with Crippen molar-refractivity contribution >= 4 is 21.5 Å². The van der Waals surface area contributed by atoms with E-state index in [-0.39, 0.29) is 0 Å². The monoisotopic (exact) mass is 325 g/mol. The van der Waals surface area contributed by atoms with Crippen molar-refractivity contribution in [2.75, 3.05) is 0 Å². The van der Waals surface area contributed by atoms with Gasteiger partial charge in [-0.25, -0.2) is 0 Å². The van der Waals surface area contributed by atoms with Gasteiger partial charge in [0.2, 0.25) is 0 Å². The summed E-state index contributed by atoms with van der Waals surface area (Å²) in [6, 6.07) is 20.3. The average molecular weight is 325 g/mol. The van der Waals surface area contributed by atoms with Crippen LogP contribution in [0.5, 0.6) is 0 Å². The summed E-state index contributed by atoms with van der Waals surface area (Å²) in [6.07, 6.45) is 0.954. The molecule has 124 valence electrons. The van der Waals surface area contributed by atoms with Crippen molar-refractivity contribution in [1.29, 1.82) is 0 Å². The Balaban J connectivity index is 2.17. The second kappa shape index (κ2) is 6.00. The lowest BCUT2D eigenvalue weighted by Gasteiger charge is -2.14. The first-order valence-corrected chi connectivity index (χ1v) is 8.97. The number of rotatable bonds is 2. The summed E-state index contributed by atoms with van der Waals surface area (Å²) < 4.78 is 0. The van der Waals surface area contributed by atoms with E-state index in [2.05, 4.69) is 87.3 Å². The molecule has 3 aromatic carbocycles. The van der Waals surface area contributed by atoms with Gasteiger partial charge in [-0.1, -0.05) is 54.4 Å². The molecule has 4 rings (SSSR count). The Labute approximate surface area is 149 Å². The highest BCUT2D eigenvalue weighted by atomic mass is 14.7. The van der Waals surface area contributed by atoms with Crippen LogP contribution in [-0.4, -0.2) is 4.98 Å². The highest BCUT2D eigenvalue weighted by Gasteiger charge is 2.12. The first-order valence-electron chi connectivity index (χ1n) is 8.97. The minimum atomic E-state index is 0.954. The molecule has 1 nitrogen and oxygen atoms in total. The van der Waals surface area contributed by atoms with E-state index < -0.39 is 0 Å². The zero-order valence-electron chi connectivity index (χ0n) is 15.4. The fraction of sp³-hybridized carbons (Fsp3) is 0.208. The van der Waals surface area contributed by atoms with Gasteiger partial charge in [0, 0.05) is 11.4 Å². The second-order valence-corrected chi connectivity index (χ2v) is 7.04. The van der Waals surface area contributed by atoms with E-state index in [1.54, 1.807) is 0 Å². The van der Waals surface area contributed by atoms with Crippen LogP contribution in [0.25, 0.3) is 32.7 Å². The SMILES string of the molecule is CCc1cc(-c2c3ccc(C)cc3cc3cc(C)ccc23)cc(C)n1. The van der Waals surface area contributed by atoms with Crippen LogP contribution in [0.3, 0.4) is 0 Å². The molecule has 25 heavy (non-hydrogen) atoms. The van der Waals surface area contributed by atoms with Crippen molar-refractivity contribution in [3.8, 4) is 11.1 Å². The fourth-order valence-electron chi connectivity index (χ4n) is 3.74. The van der Waals surface area contributed by atoms with E-state index in [9.17, 15) is 0 Å². The number of fused-ring (bicyclic) bond motifs is 2. The molecular formula is C24H23N. The van der Waals surface area contributed by atoms with Crippen LogP contribution in [0, 0.1) is 20.8 Å². The molecule has 0 N–H and O–H groups in total. The van der Waals surface area contributed by atoms with E-state index in [1.165, 1.54) is 43.8 Å². The highest BCUT2D eigenvalue weighted by molar-refractivity contribution is 6.12. The van der Waals surface area contributed by atoms with E-state index in [0.29, 0.717) is 0 Å². The maximum atomic E-state index is 4.67. The molecule has 0 saturated carbocycles. The Kier molecular flexibility index (Phi) is 3.80. The molecule has 1 aromatic heterocycles. The largest absolute Gasteiger partial charge is 0.258 e. The van der Waals surface area contributed by atoms with Crippen LogP contribution in [-0.2, 0) is 6.42 Å². The zero-order chi connectivity index (χ0) is 17.6. The Morgan fingerprint density at radius 2 is 1.32 bits per heavy atom. The summed E-state index contributed by atoms with van der Waals surface area (Å²) in [5.41, 5.74) is 7.43. The predicted molar refractivity (Wildman–Crippen MR) is 108 cm³/mol. The molecule has 0 aliphatic heterocycles. The molecule has 0 unspecified atom stereocenters. The van der Waals surface area contributed by atoms with Gasteiger partial charge in [0.15, 0.2) is 0 Å². The Bertz CT molecular complexity index is 1050. The van der Waals surface area contributed by atoms with Crippen LogP contribution >= 0.6 is 0 Å². The van der Waals surface area contributed by atoms with E-state index in [4.69, 9.17) is 0 Å². The number of aromatic nitrogens is 1. The van der Waals surface area contributed by atoms with Crippen molar-refractivity contribution in [3.63, 3.8) is 0 Å². The van der Waals surface area contributed by atoms with Gasteiger partial charge in [0.05, 0.1) is 0 Å². The van der Waals surface area contributed by atoms with Crippen LogP contribution < -0.4 is 0 Å². The molecule has 0 radical (unpaired) electrons. The van der Waals surface area contributed by atoms with Crippen molar-refractivity contribution < 1.29 is 0 Å². The molecule has 0 amide bonds. The molecule has 0 aliphatic carbocycles. The maximum absolute atomic E-state index is 4.67. The summed E-state index contributed by atoms with van der Waals surface area (Å²) in [4.78, 5) is 4.67. The highest BCUT2D eigenvalue weighted by Crippen LogP contribution is 2.37. The normalized spacial score (nSPS) is 11.4. The van der Waals surface area contributed by atoms with Gasteiger partial charge in [0.1, 0.15) is 0 Å². The van der Waals surface area contributed by atoms with E-state index >= 15 is 0 Å². The van der Waals surface area contributed by atoms with Crippen LogP contribution in [0.1, 0.15) is 29.4 Å². The molecule has 0 saturated heterocycles. The van der Waals surface area contributed by atoms with E-state index in [0.717, 1.165) is 17.8 Å². The summed E-state index contributed by atoms with van der Waals surface area (Å²) in [6.45, 7) is 8.57. The Hall–Kier alpha value is -2.67. The summed E-state index contributed by atoms with van der Waals surface area (Å²) >= 11 is 0. The van der Waals surface area contributed by atoms with Gasteiger partial charge in [-0.05, 0) is 78.1 Å². The number of nitrogens with zero attached hydrogens (tertiary/aromatic N) is 1. The number of aryl methyl sites for hydroxylation is 4. The third-order valence-corrected chi connectivity index (χ3v) is 4.92.